The zero-order chi connectivity index (χ0) is 29.9. The number of benzene rings is 1. The first-order chi connectivity index (χ1) is 19.5. The highest BCUT2D eigenvalue weighted by atomic mass is 19.1. The molecule has 0 bridgehead atoms. The third-order valence-electron chi connectivity index (χ3n) is 6.66. The minimum atomic E-state index is -0.609. The van der Waals surface area contributed by atoms with Gasteiger partial charge in [0, 0.05) is 40.8 Å². The zero-order valence-corrected chi connectivity index (χ0v) is 24.1. The second-order valence-electron chi connectivity index (χ2n) is 10.9. The summed E-state index contributed by atoms with van der Waals surface area (Å²) in [6.45, 7) is 14.7. The number of hydrogen-bond donors (Lipinski definition) is 4. The summed E-state index contributed by atoms with van der Waals surface area (Å²) in [6.07, 6.45) is 2.15. The van der Waals surface area contributed by atoms with Crippen LogP contribution in [0, 0.1) is 40.9 Å². The van der Waals surface area contributed by atoms with E-state index >= 15 is 0 Å². The molecule has 1 aliphatic rings. The number of methoxy groups -OCH3 is 1. The van der Waals surface area contributed by atoms with Gasteiger partial charge in [0.25, 0.3) is 0 Å². The van der Waals surface area contributed by atoms with Gasteiger partial charge in [-0.25, -0.2) is 9.99 Å². The van der Waals surface area contributed by atoms with E-state index in [1.54, 1.807) is 31.2 Å². The molecule has 3 aromatic rings. The predicted molar refractivity (Wildman–Crippen MR) is 156 cm³/mol. The monoisotopic (exact) mass is 555 g/mol. The molecule has 41 heavy (non-hydrogen) atoms. The van der Waals surface area contributed by atoms with Crippen molar-refractivity contribution in [3.63, 3.8) is 0 Å². The SMILES string of the molecule is C=C(CC)N1NNC([C@@H](Nc2cc(C#N)c3ncc(C#N)c(NCC(C)(C)C)c3c2)c2ccc(F)nc2C)=C1OC. The van der Waals surface area contributed by atoms with Crippen LogP contribution in [0.1, 0.15) is 62.5 Å². The van der Waals surface area contributed by atoms with Crippen LogP contribution in [0.2, 0.25) is 0 Å². The Bertz CT molecular complexity index is 1610. The Balaban J connectivity index is 1.91. The van der Waals surface area contributed by atoms with E-state index in [0.717, 1.165) is 5.70 Å². The molecule has 1 atom stereocenters. The number of nitrogens with one attached hydrogen (secondary N) is 4. The molecule has 0 unspecified atom stereocenters. The van der Waals surface area contributed by atoms with Crippen LogP contribution in [-0.2, 0) is 4.74 Å². The van der Waals surface area contributed by atoms with Gasteiger partial charge in [0.15, 0.2) is 0 Å². The van der Waals surface area contributed by atoms with E-state index in [4.69, 9.17) is 4.74 Å². The number of allylic oxidation sites excluding steroid dienone is 1. The van der Waals surface area contributed by atoms with E-state index in [-0.39, 0.29) is 5.41 Å². The Morgan fingerprint density at radius 2 is 1.95 bits per heavy atom. The molecule has 0 fully saturated rings. The Labute approximate surface area is 239 Å². The van der Waals surface area contributed by atoms with E-state index < -0.39 is 12.0 Å². The molecule has 4 N–H and O–H groups in total. The van der Waals surface area contributed by atoms with Crippen molar-refractivity contribution in [1.29, 1.82) is 10.5 Å². The second kappa shape index (κ2) is 11.7. The van der Waals surface area contributed by atoms with E-state index in [2.05, 4.69) is 71.1 Å². The number of pyridine rings is 2. The van der Waals surface area contributed by atoms with Crippen LogP contribution in [0.3, 0.4) is 0 Å². The summed E-state index contributed by atoms with van der Waals surface area (Å²) in [5.41, 5.74) is 11.1. The number of fused-ring (bicyclic) bond motifs is 1. The molecule has 0 radical (unpaired) electrons. The number of ether oxygens (including phenoxy) is 1. The quantitative estimate of drug-likeness (QED) is 0.251. The van der Waals surface area contributed by atoms with Gasteiger partial charge in [-0.05, 0) is 37.0 Å². The van der Waals surface area contributed by atoms with Crippen molar-refractivity contribution in [3.8, 4) is 12.1 Å². The van der Waals surface area contributed by atoms with Crippen molar-refractivity contribution in [1.82, 2.24) is 25.9 Å². The maximum Gasteiger partial charge on any atom is 0.233 e. The topological polar surface area (TPSA) is 134 Å². The minimum absolute atomic E-state index is 0.0625. The van der Waals surface area contributed by atoms with Crippen LogP contribution in [0.5, 0.6) is 0 Å². The van der Waals surface area contributed by atoms with Gasteiger partial charge in [-0.1, -0.05) is 40.3 Å². The summed E-state index contributed by atoms with van der Waals surface area (Å²) in [4.78, 5) is 8.48. The molecule has 4 rings (SSSR count). The molecule has 0 saturated carbocycles. The van der Waals surface area contributed by atoms with Crippen molar-refractivity contribution in [2.24, 2.45) is 5.41 Å². The Morgan fingerprint density at radius 1 is 1.22 bits per heavy atom. The summed E-state index contributed by atoms with van der Waals surface area (Å²) < 4.78 is 19.8. The van der Waals surface area contributed by atoms with Crippen LogP contribution in [0.4, 0.5) is 15.8 Å². The molecule has 0 spiro atoms. The Hall–Kier alpha value is -4.87. The number of rotatable bonds is 9. The molecule has 0 aliphatic carbocycles. The second-order valence-corrected chi connectivity index (χ2v) is 10.9. The minimum Gasteiger partial charge on any atom is -0.480 e. The standard InChI is InChI=1S/C30H34FN9O/c1-8-17(2)40-29(41-7)28(38-39-40)27(22-9-10-24(31)36-18(22)3)37-21-11-19(13-32)25-23(12-21)26(20(14-33)15-34-25)35-16-30(4,5)6/h9-12,15,27,37-39H,2,8,16H2,1,3-7H3,(H,34,35)/t27-/m0/s1. The molecule has 212 valence electrons. The van der Waals surface area contributed by atoms with Gasteiger partial charge in [-0.2, -0.15) is 14.9 Å². The lowest BCUT2D eigenvalue weighted by atomic mass is 9.96. The largest absolute Gasteiger partial charge is 0.480 e. The first-order valence-electron chi connectivity index (χ1n) is 13.2. The van der Waals surface area contributed by atoms with E-state index in [1.807, 2.05) is 13.0 Å². The van der Waals surface area contributed by atoms with Gasteiger partial charge in [0.05, 0.1) is 29.4 Å². The lowest BCUT2D eigenvalue weighted by molar-refractivity contribution is 0.153. The van der Waals surface area contributed by atoms with Crippen LogP contribution in [0.25, 0.3) is 10.9 Å². The summed E-state index contributed by atoms with van der Waals surface area (Å²) >= 11 is 0. The highest BCUT2D eigenvalue weighted by molar-refractivity contribution is 5.99. The molecule has 3 heterocycles. The molecular formula is C30H34FN9O. The van der Waals surface area contributed by atoms with Gasteiger partial charge in [0.1, 0.15) is 23.9 Å². The Morgan fingerprint density at radius 3 is 2.56 bits per heavy atom. The number of anilines is 2. The molecular weight excluding hydrogens is 521 g/mol. The van der Waals surface area contributed by atoms with Gasteiger partial charge in [0.2, 0.25) is 11.8 Å². The molecule has 0 amide bonds. The predicted octanol–water partition coefficient (Wildman–Crippen LogP) is 5.50. The first-order valence-corrected chi connectivity index (χ1v) is 13.2. The highest BCUT2D eigenvalue weighted by Gasteiger charge is 2.32. The maximum absolute atomic E-state index is 14.0. The molecule has 2 aromatic heterocycles. The van der Waals surface area contributed by atoms with Crippen molar-refractivity contribution >= 4 is 22.3 Å². The third-order valence-corrected chi connectivity index (χ3v) is 6.66. The van der Waals surface area contributed by atoms with E-state index in [9.17, 15) is 14.9 Å². The number of nitriles is 2. The molecule has 1 aliphatic heterocycles. The van der Waals surface area contributed by atoms with Gasteiger partial charge in [-0.15, -0.1) is 5.53 Å². The van der Waals surface area contributed by atoms with E-state index in [0.29, 0.717) is 69.2 Å². The lowest BCUT2D eigenvalue weighted by Crippen LogP contribution is -2.38. The number of halogens is 1. The normalized spacial score (nSPS) is 13.8. The van der Waals surface area contributed by atoms with Crippen LogP contribution >= 0.6 is 0 Å². The summed E-state index contributed by atoms with van der Waals surface area (Å²) in [6, 6.07) is 10.4. The Kier molecular flexibility index (Phi) is 8.31. The van der Waals surface area contributed by atoms with E-state index in [1.165, 1.54) is 12.3 Å². The van der Waals surface area contributed by atoms with Gasteiger partial charge >= 0.3 is 0 Å². The number of hydrazine groups is 2. The first kappa shape index (κ1) is 29.1. The van der Waals surface area contributed by atoms with Gasteiger partial charge in [-0.3, -0.25) is 4.98 Å². The molecule has 10 nitrogen and oxygen atoms in total. The van der Waals surface area contributed by atoms with Crippen molar-refractivity contribution in [2.45, 2.75) is 47.1 Å². The van der Waals surface area contributed by atoms with Crippen molar-refractivity contribution in [2.75, 3.05) is 24.3 Å². The van der Waals surface area contributed by atoms with Crippen LogP contribution in [-0.4, -0.2) is 28.6 Å². The lowest BCUT2D eigenvalue weighted by Gasteiger charge is -2.24. The molecule has 11 heteroatoms. The van der Waals surface area contributed by atoms with Crippen molar-refractivity contribution < 1.29 is 9.13 Å². The average molecular weight is 556 g/mol. The zero-order valence-electron chi connectivity index (χ0n) is 24.1. The molecule has 0 saturated heterocycles. The number of aromatic nitrogens is 2. The third kappa shape index (κ3) is 6.01. The fourth-order valence-electron chi connectivity index (χ4n) is 4.54. The fraction of sp³-hybridized carbons (Fsp3) is 0.333. The smallest absolute Gasteiger partial charge is 0.233 e. The summed E-state index contributed by atoms with van der Waals surface area (Å²) in [5, 5.41) is 29.1. The van der Waals surface area contributed by atoms with Crippen molar-refractivity contribution in [3.05, 3.63) is 82.7 Å². The summed E-state index contributed by atoms with van der Waals surface area (Å²) in [5.74, 6) is -0.119. The highest BCUT2D eigenvalue weighted by Crippen LogP contribution is 2.36. The van der Waals surface area contributed by atoms with Crippen LogP contribution in [0.15, 0.2) is 54.3 Å². The number of aryl methyl sites for hydroxylation is 1. The average Bonchev–Trinajstić information content (AvgIpc) is 3.37. The molecule has 1 aromatic carbocycles. The number of hydrogen-bond acceptors (Lipinski definition) is 10. The fourth-order valence-corrected chi connectivity index (χ4v) is 4.54. The summed E-state index contributed by atoms with van der Waals surface area (Å²) in [7, 11) is 1.55. The number of nitrogens with zero attached hydrogens (tertiary/aromatic N) is 5. The maximum atomic E-state index is 14.0. The van der Waals surface area contributed by atoms with Crippen LogP contribution < -0.4 is 21.6 Å². The van der Waals surface area contributed by atoms with Gasteiger partial charge < -0.3 is 20.8 Å².